The molecule has 0 spiro atoms. The normalized spacial score (nSPS) is 19.3. The van der Waals surface area contributed by atoms with E-state index >= 15 is 0 Å². The molecule has 0 aliphatic carbocycles. The van der Waals surface area contributed by atoms with Gasteiger partial charge in [0.05, 0.1) is 11.1 Å². The van der Waals surface area contributed by atoms with Crippen molar-refractivity contribution in [2.24, 2.45) is 5.41 Å². The Morgan fingerprint density at radius 2 is 1.75 bits per heavy atom. The van der Waals surface area contributed by atoms with Crippen LogP contribution in [0.4, 0.5) is 10.1 Å². The number of carbonyl (C=O) groups excluding carboxylic acids is 2. The van der Waals surface area contributed by atoms with Gasteiger partial charge in [-0.2, -0.15) is 0 Å². The van der Waals surface area contributed by atoms with E-state index in [9.17, 15) is 14.0 Å². The van der Waals surface area contributed by atoms with Crippen LogP contribution in [0.1, 0.15) is 20.3 Å². The number of hydrogen-bond donors (Lipinski definition) is 0. The largest absolute Gasteiger partial charge is 0.274 e. The molecule has 1 aromatic rings. The SMILES string of the molecule is CC1(C)CC(=O)N(c2ccc(F)cc2)C1=O. The lowest BCUT2D eigenvalue weighted by Crippen LogP contribution is -2.32. The van der Waals surface area contributed by atoms with Gasteiger partial charge in [-0.15, -0.1) is 0 Å². The predicted octanol–water partition coefficient (Wildman–Crippen LogP) is 2.12. The van der Waals surface area contributed by atoms with Crippen LogP contribution >= 0.6 is 0 Å². The number of rotatable bonds is 1. The molecule has 0 saturated carbocycles. The van der Waals surface area contributed by atoms with E-state index < -0.39 is 5.41 Å². The van der Waals surface area contributed by atoms with Crippen LogP contribution in [0.15, 0.2) is 24.3 Å². The van der Waals surface area contributed by atoms with E-state index in [1.807, 2.05) is 0 Å². The van der Waals surface area contributed by atoms with Gasteiger partial charge in [0.1, 0.15) is 5.82 Å². The molecule has 1 aromatic carbocycles. The maximum absolute atomic E-state index is 12.7. The minimum absolute atomic E-state index is 0.198. The molecule has 4 heteroatoms. The van der Waals surface area contributed by atoms with Gasteiger partial charge in [0.25, 0.3) is 0 Å². The molecule has 1 saturated heterocycles. The molecule has 84 valence electrons. The monoisotopic (exact) mass is 221 g/mol. The number of hydrogen-bond acceptors (Lipinski definition) is 2. The summed E-state index contributed by atoms with van der Waals surface area (Å²) in [6, 6.07) is 5.35. The highest BCUT2D eigenvalue weighted by molar-refractivity contribution is 6.22. The first-order chi connectivity index (χ1) is 7.42. The van der Waals surface area contributed by atoms with Gasteiger partial charge in [-0.05, 0) is 24.3 Å². The maximum Gasteiger partial charge on any atom is 0.239 e. The number of amides is 2. The highest BCUT2D eigenvalue weighted by atomic mass is 19.1. The molecule has 1 aliphatic heterocycles. The summed E-state index contributed by atoms with van der Waals surface area (Å²) in [5.41, 5.74) is -0.229. The van der Waals surface area contributed by atoms with Crippen LogP contribution in [0.25, 0.3) is 0 Å². The Labute approximate surface area is 92.9 Å². The summed E-state index contributed by atoms with van der Waals surface area (Å²) in [5, 5.41) is 0. The quantitative estimate of drug-likeness (QED) is 0.681. The fourth-order valence-corrected chi connectivity index (χ4v) is 1.80. The molecule has 0 bridgehead atoms. The van der Waals surface area contributed by atoms with E-state index in [2.05, 4.69) is 0 Å². The van der Waals surface area contributed by atoms with Crippen LogP contribution < -0.4 is 4.90 Å². The number of nitrogens with zero attached hydrogens (tertiary/aromatic N) is 1. The molecular formula is C12H12FNO2. The van der Waals surface area contributed by atoms with Gasteiger partial charge in [-0.25, -0.2) is 4.39 Å². The van der Waals surface area contributed by atoms with Crippen LogP contribution in [0, 0.1) is 11.2 Å². The standard InChI is InChI=1S/C12H12FNO2/c1-12(2)7-10(15)14(11(12)16)9-5-3-8(13)4-6-9/h3-6H,7H2,1-2H3. The summed E-state index contributed by atoms with van der Waals surface area (Å²) in [5.74, 6) is -0.854. The number of carbonyl (C=O) groups is 2. The zero-order valence-electron chi connectivity index (χ0n) is 9.16. The molecule has 0 N–H and O–H groups in total. The Kier molecular flexibility index (Phi) is 2.30. The predicted molar refractivity (Wildman–Crippen MR) is 57.3 cm³/mol. The maximum atomic E-state index is 12.7. The van der Waals surface area contributed by atoms with Crippen LogP contribution in [-0.2, 0) is 9.59 Å². The summed E-state index contributed by atoms with van der Waals surface area (Å²) in [6.45, 7) is 3.47. The third-order valence-corrected chi connectivity index (χ3v) is 2.71. The van der Waals surface area contributed by atoms with Crippen molar-refractivity contribution in [3.05, 3.63) is 30.1 Å². The number of benzene rings is 1. The van der Waals surface area contributed by atoms with E-state index in [1.54, 1.807) is 13.8 Å². The molecule has 1 fully saturated rings. The topological polar surface area (TPSA) is 37.4 Å². The molecular weight excluding hydrogens is 209 g/mol. The van der Waals surface area contributed by atoms with E-state index in [4.69, 9.17) is 0 Å². The number of anilines is 1. The van der Waals surface area contributed by atoms with E-state index in [1.165, 1.54) is 24.3 Å². The van der Waals surface area contributed by atoms with Crippen molar-refractivity contribution in [2.45, 2.75) is 20.3 Å². The average Bonchev–Trinajstić information content (AvgIpc) is 2.39. The van der Waals surface area contributed by atoms with Crippen molar-refractivity contribution in [1.29, 1.82) is 0 Å². The Bertz CT molecular complexity index is 451. The van der Waals surface area contributed by atoms with Crippen molar-refractivity contribution >= 4 is 17.5 Å². The second-order valence-electron chi connectivity index (χ2n) is 4.57. The van der Waals surface area contributed by atoms with Gasteiger partial charge in [-0.1, -0.05) is 13.8 Å². The molecule has 16 heavy (non-hydrogen) atoms. The van der Waals surface area contributed by atoms with Gasteiger partial charge in [0.2, 0.25) is 11.8 Å². The van der Waals surface area contributed by atoms with Crippen molar-refractivity contribution in [1.82, 2.24) is 0 Å². The molecule has 0 atom stereocenters. The van der Waals surface area contributed by atoms with Crippen molar-refractivity contribution in [2.75, 3.05) is 4.90 Å². The van der Waals surface area contributed by atoms with Crippen molar-refractivity contribution < 1.29 is 14.0 Å². The number of halogens is 1. The summed E-state index contributed by atoms with van der Waals surface area (Å²) < 4.78 is 12.7. The Morgan fingerprint density at radius 3 is 2.19 bits per heavy atom. The van der Waals surface area contributed by atoms with Gasteiger partial charge >= 0.3 is 0 Å². The first-order valence-corrected chi connectivity index (χ1v) is 5.05. The molecule has 0 radical (unpaired) electrons. The van der Waals surface area contributed by atoms with Crippen molar-refractivity contribution in [3.8, 4) is 0 Å². The Hall–Kier alpha value is -1.71. The van der Waals surface area contributed by atoms with Crippen LogP contribution in [0.3, 0.4) is 0 Å². The smallest absolute Gasteiger partial charge is 0.239 e. The molecule has 3 nitrogen and oxygen atoms in total. The first kappa shape index (κ1) is 10.8. The summed E-state index contributed by atoms with van der Waals surface area (Å²) in [4.78, 5) is 24.8. The van der Waals surface area contributed by atoms with E-state index in [0.717, 1.165) is 4.90 Å². The van der Waals surface area contributed by atoms with Gasteiger partial charge in [-0.3, -0.25) is 14.5 Å². The average molecular weight is 221 g/mol. The van der Waals surface area contributed by atoms with Gasteiger partial charge < -0.3 is 0 Å². The second kappa shape index (κ2) is 3.40. The number of imide groups is 1. The highest BCUT2D eigenvalue weighted by Gasteiger charge is 2.45. The third-order valence-electron chi connectivity index (χ3n) is 2.71. The van der Waals surface area contributed by atoms with E-state index in [-0.39, 0.29) is 24.1 Å². The first-order valence-electron chi connectivity index (χ1n) is 5.05. The Morgan fingerprint density at radius 1 is 1.19 bits per heavy atom. The molecule has 0 aromatic heterocycles. The van der Waals surface area contributed by atoms with Gasteiger partial charge in [0, 0.05) is 6.42 Å². The van der Waals surface area contributed by atoms with Crippen LogP contribution in [-0.4, -0.2) is 11.8 Å². The minimum atomic E-state index is -0.661. The summed E-state index contributed by atoms with van der Waals surface area (Å²) >= 11 is 0. The summed E-state index contributed by atoms with van der Waals surface area (Å²) in [6.07, 6.45) is 0.198. The minimum Gasteiger partial charge on any atom is -0.274 e. The van der Waals surface area contributed by atoms with Crippen LogP contribution in [0.2, 0.25) is 0 Å². The van der Waals surface area contributed by atoms with E-state index in [0.29, 0.717) is 5.69 Å². The lowest BCUT2D eigenvalue weighted by atomic mass is 9.92. The Balaban J connectivity index is 2.39. The zero-order valence-corrected chi connectivity index (χ0v) is 9.16. The van der Waals surface area contributed by atoms with Crippen molar-refractivity contribution in [3.63, 3.8) is 0 Å². The third kappa shape index (κ3) is 1.60. The molecule has 0 unspecified atom stereocenters. The zero-order chi connectivity index (χ0) is 11.9. The van der Waals surface area contributed by atoms with Crippen LogP contribution in [0.5, 0.6) is 0 Å². The lowest BCUT2D eigenvalue weighted by Gasteiger charge is -2.17. The fraction of sp³-hybridized carbons (Fsp3) is 0.333. The highest BCUT2D eigenvalue weighted by Crippen LogP contribution is 2.34. The molecule has 2 rings (SSSR count). The fourth-order valence-electron chi connectivity index (χ4n) is 1.80. The molecule has 1 heterocycles. The second-order valence-corrected chi connectivity index (χ2v) is 4.57. The lowest BCUT2D eigenvalue weighted by molar-refractivity contribution is -0.124. The molecule has 1 aliphatic rings. The van der Waals surface area contributed by atoms with Gasteiger partial charge in [0.15, 0.2) is 0 Å². The molecule has 2 amide bonds. The summed E-state index contributed by atoms with van der Waals surface area (Å²) in [7, 11) is 0.